The van der Waals surface area contributed by atoms with E-state index in [0.717, 1.165) is 0 Å². The quantitative estimate of drug-likeness (QED) is 0.751. The topological polar surface area (TPSA) is 66.8 Å². The summed E-state index contributed by atoms with van der Waals surface area (Å²) in [5, 5.41) is 8.86. The molecule has 0 saturated heterocycles. The van der Waals surface area contributed by atoms with Crippen molar-refractivity contribution in [1.82, 2.24) is 4.90 Å². The number of allylic oxidation sites excluding steroid dienone is 2. The van der Waals surface area contributed by atoms with Crippen molar-refractivity contribution in [3.63, 3.8) is 0 Å². The molecule has 2 atom stereocenters. The fraction of sp³-hybridized carbons (Fsp3) is 0.385. The lowest BCUT2D eigenvalue weighted by molar-refractivity contribution is -0.139. The maximum Gasteiger partial charge on any atom is 0.336 e. The minimum absolute atomic E-state index is 0.106. The summed E-state index contributed by atoms with van der Waals surface area (Å²) in [4.78, 5) is 24.3. The largest absolute Gasteiger partial charge is 0.480 e. The van der Waals surface area contributed by atoms with Gasteiger partial charge in [0.15, 0.2) is 0 Å². The van der Waals surface area contributed by atoms with E-state index in [9.17, 15) is 9.59 Å². The van der Waals surface area contributed by atoms with Gasteiger partial charge in [-0.3, -0.25) is 4.79 Å². The second kappa shape index (κ2) is 5.08. The Balaban J connectivity index is 2.22. The van der Waals surface area contributed by atoms with Crippen LogP contribution in [0.3, 0.4) is 0 Å². The molecule has 2 aliphatic rings. The lowest BCUT2D eigenvalue weighted by Gasteiger charge is -2.26. The average Bonchev–Trinajstić information content (AvgIpc) is 2.68. The fourth-order valence-electron chi connectivity index (χ4n) is 2.26. The zero-order valence-electron chi connectivity index (χ0n) is 10.1. The summed E-state index contributed by atoms with van der Waals surface area (Å²) in [5.74, 6) is -1.41. The zero-order valence-corrected chi connectivity index (χ0v) is 10.1. The van der Waals surface area contributed by atoms with Crippen molar-refractivity contribution in [3.05, 3.63) is 36.1 Å². The summed E-state index contributed by atoms with van der Waals surface area (Å²) in [7, 11) is 0. The molecule has 5 nitrogen and oxygen atoms in total. The summed E-state index contributed by atoms with van der Waals surface area (Å²) in [6.45, 7) is 1.94. The lowest BCUT2D eigenvalue weighted by Crippen LogP contribution is -2.34. The van der Waals surface area contributed by atoms with Crippen LogP contribution in [-0.4, -0.2) is 41.1 Å². The number of ether oxygens (including phenoxy) is 1. The Morgan fingerprint density at radius 1 is 1.39 bits per heavy atom. The van der Waals surface area contributed by atoms with Gasteiger partial charge in [-0.1, -0.05) is 24.3 Å². The Morgan fingerprint density at radius 3 is 2.78 bits per heavy atom. The molecule has 2 rings (SSSR count). The average molecular weight is 249 g/mol. The number of fused-ring (bicyclic) bond motifs is 1. The van der Waals surface area contributed by atoms with Crippen LogP contribution in [-0.2, 0) is 14.3 Å². The van der Waals surface area contributed by atoms with Gasteiger partial charge in [0.05, 0.1) is 18.2 Å². The summed E-state index contributed by atoms with van der Waals surface area (Å²) in [5.41, 5.74) is 0.517. The van der Waals surface area contributed by atoms with E-state index in [-0.39, 0.29) is 24.5 Å². The molecule has 0 aromatic heterocycles. The molecule has 0 bridgehead atoms. The smallest absolute Gasteiger partial charge is 0.336 e. The van der Waals surface area contributed by atoms with Crippen LogP contribution in [0.25, 0.3) is 0 Å². The van der Waals surface area contributed by atoms with Gasteiger partial charge in [-0.2, -0.15) is 0 Å². The third kappa shape index (κ3) is 2.30. The van der Waals surface area contributed by atoms with Crippen LogP contribution >= 0.6 is 0 Å². The van der Waals surface area contributed by atoms with E-state index in [4.69, 9.17) is 9.84 Å². The van der Waals surface area contributed by atoms with Crippen molar-refractivity contribution in [3.8, 4) is 0 Å². The van der Waals surface area contributed by atoms with Crippen molar-refractivity contribution in [2.24, 2.45) is 5.92 Å². The van der Waals surface area contributed by atoms with Crippen LogP contribution in [0.4, 0.5) is 0 Å². The third-order valence-electron chi connectivity index (χ3n) is 2.98. The zero-order chi connectivity index (χ0) is 13.1. The molecule has 0 spiro atoms. The Bertz CT molecular complexity index is 450. The Labute approximate surface area is 105 Å². The first-order valence-corrected chi connectivity index (χ1v) is 5.85. The summed E-state index contributed by atoms with van der Waals surface area (Å²) >= 11 is 0. The van der Waals surface area contributed by atoms with E-state index < -0.39 is 5.97 Å². The number of hydrogen-bond acceptors (Lipinski definition) is 4. The number of hydrogen-bond donors (Lipinski definition) is 1. The van der Waals surface area contributed by atoms with Crippen molar-refractivity contribution in [2.45, 2.75) is 13.0 Å². The van der Waals surface area contributed by atoms with E-state index in [2.05, 4.69) is 0 Å². The molecule has 96 valence electrons. The first kappa shape index (κ1) is 12.4. The molecular weight excluding hydrogens is 234 g/mol. The first-order chi connectivity index (χ1) is 8.63. The fourth-order valence-corrected chi connectivity index (χ4v) is 2.26. The molecule has 0 amide bonds. The third-order valence-corrected chi connectivity index (χ3v) is 2.98. The highest BCUT2D eigenvalue weighted by atomic mass is 16.5. The van der Waals surface area contributed by atoms with Crippen molar-refractivity contribution in [1.29, 1.82) is 0 Å². The number of nitrogens with zero attached hydrogens (tertiary/aromatic N) is 1. The summed E-state index contributed by atoms with van der Waals surface area (Å²) < 4.78 is 4.99. The summed E-state index contributed by atoms with van der Waals surface area (Å²) in [6.07, 6.45) is 9.11. The van der Waals surface area contributed by atoms with Gasteiger partial charge >= 0.3 is 11.9 Å². The van der Waals surface area contributed by atoms with E-state index >= 15 is 0 Å². The number of aliphatic carboxylic acids is 1. The highest BCUT2D eigenvalue weighted by molar-refractivity contribution is 5.90. The van der Waals surface area contributed by atoms with E-state index in [0.29, 0.717) is 12.2 Å². The van der Waals surface area contributed by atoms with Gasteiger partial charge in [0.1, 0.15) is 6.54 Å². The van der Waals surface area contributed by atoms with Crippen LogP contribution in [0, 0.1) is 5.92 Å². The molecule has 1 aliphatic heterocycles. The maximum atomic E-state index is 11.8. The maximum absolute atomic E-state index is 11.8. The predicted octanol–water partition coefficient (Wildman–Crippen LogP) is 0.944. The molecule has 0 saturated carbocycles. The van der Waals surface area contributed by atoms with Crippen molar-refractivity contribution < 1.29 is 19.4 Å². The molecule has 5 heteroatoms. The van der Waals surface area contributed by atoms with Gasteiger partial charge in [0, 0.05) is 12.1 Å². The highest BCUT2D eigenvalue weighted by Gasteiger charge is 2.37. The van der Waals surface area contributed by atoms with Gasteiger partial charge in [-0.25, -0.2) is 4.79 Å². The van der Waals surface area contributed by atoms with E-state index in [1.807, 2.05) is 24.3 Å². The molecule has 0 aromatic rings. The minimum atomic E-state index is -0.918. The van der Waals surface area contributed by atoms with Crippen molar-refractivity contribution in [2.75, 3.05) is 13.2 Å². The van der Waals surface area contributed by atoms with E-state index in [1.165, 1.54) is 0 Å². The molecular formula is C13H15NO4. The number of esters is 1. The highest BCUT2D eigenvalue weighted by Crippen LogP contribution is 2.33. The molecule has 18 heavy (non-hydrogen) atoms. The molecule has 0 radical (unpaired) electrons. The number of carbonyl (C=O) groups is 2. The summed E-state index contributed by atoms with van der Waals surface area (Å²) in [6, 6.07) is -0.106. The van der Waals surface area contributed by atoms with Gasteiger partial charge in [0.2, 0.25) is 0 Å². The molecule has 2 unspecified atom stereocenters. The van der Waals surface area contributed by atoms with Crippen LogP contribution < -0.4 is 0 Å². The Kier molecular flexibility index (Phi) is 3.50. The molecule has 0 fully saturated rings. The lowest BCUT2D eigenvalue weighted by atomic mass is 9.91. The molecule has 1 aliphatic carbocycles. The molecule has 1 heterocycles. The normalized spacial score (nSPS) is 24.7. The minimum Gasteiger partial charge on any atom is -0.480 e. The van der Waals surface area contributed by atoms with Gasteiger partial charge in [-0.15, -0.1) is 0 Å². The second-order valence-electron chi connectivity index (χ2n) is 4.16. The van der Waals surface area contributed by atoms with Crippen LogP contribution in [0.5, 0.6) is 0 Å². The van der Waals surface area contributed by atoms with Crippen LogP contribution in [0.15, 0.2) is 36.1 Å². The monoisotopic (exact) mass is 249 g/mol. The molecule has 0 aromatic carbocycles. The van der Waals surface area contributed by atoms with Gasteiger partial charge in [0.25, 0.3) is 0 Å². The predicted molar refractivity (Wildman–Crippen MR) is 64.6 cm³/mol. The van der Waals surface area contributed by atoms with Crippen molar-refractivity contribution >= 4 is 11.9 Å². The SMILES string of the molecule is CCOC(=O)C1=CN(CC(=O)O)C2C=CC=CC12. The number of carboxylic acid groups (broad SMARTS) is 1. The molecule has 1 N–H and O–H groups in total. The number of carbonyl (C=O) groups excluding carboxylic acids is 1. The van der Waals surface area contributed by atoms with Gasteiger partial charge in [-0.05, 0) is 6.92 Å². The standard InChI is InChI=1S/C13H15NO4/c1-2-18-13(17)10-7-14(8-12(15)16)11-6-4-3-5-9(10)11/h3-7,9,11H,2,8H2,1H3,(H,15,16). The first-order valence-electron chi connectivity index (χ1n) is 5.85. The Morgan fingerprint density at radius 2 is 2.11 bits per heavy atom. The van der Waals surface area contributed by atoms with Crippen LogP contribution in [0.1, 0.15) is 6.92 Å². The number of carboxylic acids is 1. The second-order valence-corrected chi connectivity index (χ2v) is 4.16. The van der Waals surface area contributed by atoms with Crippen LogP contribution in [0.2, 0.25) is 0 Å². The van der Waals surface area contributed by atoms with E-state index in [1.54, 1.807) is 18.0 Å². The number of rotatable bonds is 4. The van der Waals surface area contributed by atoms with Gasteiger partial charge < -0.3 is 14.7 Å². The Hall–Kier alpha value is -2.04.